The number of aromatic nitrogens is 1. The quantitative estimate of drug-likeness (QED) is 0.660. The summed E-state index contributed by atoms with van der Waals surface area (Å²) in [5.41, 5.74) is 7.65. The van der Waals surface area contributed by atoms with Crippen LogP contribution in [0.1, 0.15) is 21.8 Å². The molecule has 3 rings (SSSR count). The molecule has 0 aliphatic heterocycles. The predicted octanol–water partition coefficient (Wildman–Crippen LogP) is 2.67. The van der Waals surface area contributed by atoms with Gasteiger partial charge in [0.2, 0.25) is 11.8 Å². The molecule has 0 spiro atoms. The largest absolute Gasteiger partial charge is 0.273 e. The lowest BCUT2D eigenvalue weighted by Crippen LogP contribution is -2.43. The van der Waals surface area contributed by atoms with Crippen LogP contribution in [0.15, 0.2) is 66.0 Å². The number of nitrogens with one attached hydrogen (secondary N) is 2. The van der Waals surface area contributed by atoms with Gasteiger partial charge in [0.25, 0.3) is 0 Å². The Balaban J connectivity index is 1.44. The number of hydrogen-bond donors (Lipinski definition) is 2. The van der Waals surface area contributed by atoms with Gasteiger partial charge in [0.15, 0.2) is 0 Å². The molecule has 0 atom stereocenters. The molecule has 0 radical (unpaired) electrons. The third-order valence-corrected chi connectivity index (χ3v) is 4.59. The summed E-state index contributed by atoms with van der Waals surface area (Å²) in [5.74, 6) is -0.546. The van der Waals surface area contributed by atoms with Gasteiger partial charge in [-0.25, -0.2) is 4.98 Å². The van der Waals surface area contributed by atoms with Crippen molar-refractivity contribution in [1.29, 1.82) is 0 Å². The standard InChI is InChI=1S/C20H19N3O2S/c24-18(11-15-7-3-1-4-8-15)22-23-19(25)13-17-14-26-20(21-17)12-16-9-5-2-6-10-16/h1-10,14H,11-13H2,(H,22,24)(H,23,25). The van der Waals surface area contributed by atoms with E-state index in [1.54, 1.807) is 0 Å². The third kappa shape index (κ3) is 5.53. The molecule has 0 aliphatic carbocycles. The molecular formula is C20H19N3O2S. The Morgan fingerprint density at radius 1 is 0.808 bits per heavy atom. The maximum atomic E-state index is 12.0. The highest BCUT2D eigenvalue weighted by Gasteiger charge is 2.10. The zero-order chi connectivity index (χ0) is 18.2. The fourth-order valence-corrected chi connectivity index (χ4v) is 3.28. The first kappa shape index (κ1) is 17.8. The van der Waals surface area contributed by atoms with E-state index in [1.807, 2.05) is 53.9 Å². The van der Waals surface area contributed by atoms with Crippen LogP contribution < -0.4 is 10.9 Å². The molecule has 0 aliphatic rings. The number of nitrogens with zero attached hydrogens (tertiary/aromatic N) is 1. The minimum absolute atomic E-state index is 0.136. The van der Waals surface area contributed by atoms with Crippen LogP contribution in [0.25, 0.3) is 0 Å². The van der Waals surface area contributed by atoms with Crippen LogP contribution in [0.2, 0.25) is 0 Å². The molecule has 3 aromatic rings. The first-order chi connectivity index (χ1) is 12.7. The number of benzene rings is 2. The summed E-state index contributed by atoms with van der Waals surface area (Å²) in [6.07, 6.45) is 1.11. The molecule has 0 bridgehead atoms. The normalized spacial score (nSPS) is 10.3. The van der Waals surface area contributed by atoms with E-state index >= 15 is 0 Å². The minimum atomic E-state index is -0.289. The van der Waals surface area contributed by atoms with E-state index in [1.165, 1.54) is 16.9 Å². The molecule has 6 heteroatoms. The van der Waals surface area contributed by atoms with E-state index < -0.39 is 0 Å². The van der Waals surface area contributed by atoms with E-state index in [4.69, 9.17) is 0 Å². The molecule has 0 saturated heterocycles. The number of carbonyl (C=O) groups is 2. The summed E-state index contributed by atoms with van der Waals surface area (Å²) >= 11 is 1.53. The number of carbonyl (C=O) groups excluding carboxylic acids is 2. The monoisotopic (exact) mass is 365 g/mol. The molecule has 0 saturated carbocycles. The maximum Gasteiger partial charge on any atom is 0.244 e. The van der Waals surface area contributed by atoms with Gasteiger partial charge in [-0.2, -0.15) is 0 Å². The van der Waals surface area contributed by atoms with Crippen molar-refractivity contribution in [2.24, 2.45) is 0 Å². The molecule has 5 nitrogen and oxygen atoms in total. The van der Waals surface area contributed by atoms with Gasteiger partial charge in [-0.15, -0.1) is 11.3 Å². The molecule has 0 fully saturated rings. The second-order valence-corrected chi connectivity index (χ2v) is 6.77. The van der Waals surface area contributed by atoms with Crippen molar-refractivity contribution in [3.63, 3.8) is 0 Å². The second-order valence-electron chi connectivity index (χ2n) is 5.83. The first-order valence-corrected chi connectivity index (χ1v) is 9.16. The molecule has 1 aromatic heterocycles. The van der Waals surface area contributed by atoms with Gasteiger partial charge in [-0.1, -0.05) is 60.7 Å². The third-order valence-electron chi connectivity index (χ3n) is 3.69. The molecule has 26 heavy (non-hydrogen) atoms. The summed E-state index contributed by atoms with van der Waals surface area (Å²) in [4.78, 5) is 28.3. The fourth-order valence-electron chi connectivity index (χ4n) is 2.46. The number of hydrogen-bond acceptors (Lipinski definition) is 4. The van der Waals surface area contributed by atoms with Gasteiger partial charge >= 0.3 is 0 Å². The van der Waals surface area contributed by atoms with Crippen molar-refractivity contribution in [3.05, 3.63) is 87.9 Å². The summed E-state index contributed by atoms with van der Waals surface area (Å²) in [5, 5.41) is 2.84. The Bertz CT molecular complexity index is 863. The summed E-state index contributed by atoms with van der Waals surface area (Å²) in [6, 6.07) is 19.4. The summed E-state index contributed by atoms with van der Waals surface area (Å²) < 4.78 is 0. The maximum absolute atomic E-state index is 12.0. The van der Waals surface area contributed by atoms with Crippen molar-refractivity contribution in [3.8, 4) is 0 Å². The van der Waals surface area contributed by atoms with E-state index in [0.29, 0.717) is 5.69 Å². The van der Waals surface area contributed by atoms with Crippen LogP contribution in [0.5, 0.6) is 0 Å². The summed E-state index contributed by atoms with van der Waals surface area (Å²) in [7, 11) is 0. The van der Waals surface area contributed by atoms with Crippen molar-refractivity contribution in [2.45, 2.75) is 19.3 Å². The topological polar surface area (TPSA) is 71.1 Å². The molecule has 2 amide bonds. The number of amides is 2. The SMILES string of the molecule is O=C(Cc1ccccc1)NNC(=O)Cc1csc(Cc2ccccc2)n1. The molecule has 1 heterocycles. The highest BCUT2D eigenvalue weighted by molar-refractivity contribution is 7.09. The fraction of sp³-hybridized carbons (Fsp3) is 0.150. The predicted molar refractivity (Wildman–Crippen MR) is 101 cm³/mol. The van der Waals surface area contributed by atoms with Crippen molar-refractivity contribution < 1.29 is 9.59 Å². The second kappa shape index (κ2) is 8.92. The lowest BCUT2D eigenvalue weighted by Gasteiger charge is -2.06. The number of hydrazine groups is 1. The van der Waals surface area contributed by atoms with Gasteiger partial charge in [-0.3, -0.25) is 20.4 Å². The zero-order valence-electron chi connectivity index (χ0n) is 14.1. The van der Waals surface area contributed by atoms with E-state index in [0.717, 1.165) is 17.0 Å². The minimum Gasteiger partial charge on any atom is -0.273 e. The van der Waals surface area contributed by atoms with Crippen molar-refractivity contribution >= 4 is 23.2 Å². The average Bonchev–Trinajstić information content (AvgIpc) is 3.08. The Morgan fingerprint density at radius 2 is 1.38 bits per heavy atom. The van der Waals surface area contributed by atoms with Crippen LogP contribution in [-0.4, -0.2) is 16.8 Å². The first-order valence-electron chi connectivity index (χ1n) is 8.28. The molecule has 2 aromatic carbocycles. The van der Waals surface area contributed by atoms with Crippen LogP contribution in [0.3, 0.4) is 0 Å². The smallest absolute Gasteiger partial charge is 0.244 e. The van der Waals surface area contributed by atoms with Gasteiger partial charge in [0.05, 0.1) is 23.5 Å². The van der Waals surface area contributed by atoms with Crippen molar-refractivity contribution in [1.82, 2.24) is 15.8 Å². The lowest BCUT2D eigenvalue weighted by molar-refractivity contribution is -0.128. The van der Waals surface area contributed by atoms with Crippen molar-refractivity contribution in [2.75, 3.05) is 0 Å². The van der Waals surface area contributed by atoms with E-state index in [-0.39, 0.29) is 24.7 Å². The Hall–Kier alpha value is -2.99. The van der Waals surface area contributed by atoms with E-state index in [9.17, 15) is 9.59 Å². The highest BCUT2D eigenvalue weighted by Crippen LogP contribution is 2.15. The van der Waals surface area contributed by atoms with Crippen LogP contribution in [0.4, 0.5) is 0 Å². The molecule has 2 N–H and O–H groups in total. The van der Waals surface area contributed by atoms with Gasteiger partial charge in [-0.05, 0) is 11.1 Å². The van der Waals surface area contributed by atoms with Gasteiger partial charge in [0.1, 0.15) is 0 Å². The number of rotatable bonds is 6. The molecular weight excluding hydrogens is 346 g/mol. The highest BCUT2D eigenvalue weighted by atomic mass is 32.1. The zero-order valence-corrected chi connectivity index (χ0v) is 15.0. The Morgan fingerprint density at radius 3 is 2.04 bits per heavy atom. The Kier molecular flexibility index (Phi) is 6.11. The summed E-state index contributed by atoms with van der Waals surface area (Å²) in [6.45, 7) is 0. The average molecular weight is 365 g/mol. The van der Waals surface area contributed by atoms with Gasteiger partial charge < -0.3 is 0 Å². The van der Waals surface area contributed by atoms with E-state index in [2.05, 4.69) is 28.0 Å². The van der Waals surface area contributed by atoms with Crippen LogP contribution >= 0.6 is 11.3 Å². The van der Waals surface area contributed by atoms with Crippen LogP contribution in [0, 0.1) is 0 Å². The molecule has 132 valence electrons. The number of thiazole rings is 1. The van der Waals surface area contributed by atoms with Gasteiger partial charge in [0, 0.05) is 11.8 Å². The lowest BCUT2D eigenvalue weighted by atomic mass is 10.1. The molecule has 0 unspecified atom stereocenters. The Labute approximate surface area is 156 Å². The van der Waals surface area contributed by atoms with Crippen LogP contribution in [-0.2, 0) is 28.9 Å².